The maximum atomic E-state index is 12.1. The van der Waals surface area contributed by atoms with E-state index in [9.17, 15) is 8.42 Å². The highest BCUT2D eigenvalue weighted by Crippen LogP contribution is 2.09. The molecule has 2 aromatic rings. The molecule has 0 atom stereocenters. The van der Waals surface area contributed by atoms with Gasteiger partial charge < -0.3 is 10.2 Å². The highest BCUT2D eigenvalue weighted by molar-refractivity contribution is 7.89. The van der Waals surface area contributed by atoms with Crippen LogP contribution >= 0.6 is 11.3 Å². The van der Waals surface area contributed by atoms with Crippen LogP contribution in [0.15, 0.2) is 51.9 Å². The predicted octanol–water partition coefficient (Wildman–Crippen LogP) is 1.17. The van der Waals surface area contributed by atoms with Crippen LogP contribution in [0.25, 0.3) is 0 Å². The summed E-state index contributed by atoms with van der Waals surface area (Å²) in [5.74, 6) is 0.733. The topological polar surface area (TPSA) is 86.7 Å². The Kier molecular flexibility index (Phi) is 7.35. The van der Waals surface area contributed by atoms with Crippen LogP contribution < -0.4 is 10.0 Å². The van der Waals surface area contributed by atoms with E-state index in [2.05, 4.69) is 31.5 Å². The molecule has 25 heavy (non-hydrogen) atoms. The summed E-state index contributed by atoms with van der Waals surface area (Å²) in [7, 11) is 0.144. The molecule has 2 heterocycles. The fraction of sp³-hybridized carbons (Fsp3) is 0.375. The smallest absolute Gasteiger partial charge is 0.242 e. The van der Waals surface area contributed by atoms with E-state index in [4.69, 9.17) is 0 Å². The van der Waals surface area contributed by atoms with E-state index in [-0.39, 0.29) is 11.4 Å². The molecule has 0 aliphatic rings. The van der Waals surface area contributed by atoms with Gasteiger partial charge in [0.25, 0.3) is 0 Å². The molecule has 136 valence electrons. The maximum absolute atomic E-state index is 12.1. The number of hydrogen-bond donors (Lipinski definition) is 2. The molecule has 0 aliphatic carbocycles. The predicted molar refractivity (Wildman–Crippen MR) is 101 cm³/mol. The van der Waals surface area contributed by atoms with E-state index in [1.807, 2.05) is 18.0 Å². The lowest BCUT2D eigenvalue weighted by Gasteiger charge is -2.21. The molecule has 0 aliphatic heterocycles. The fourth-order valence-corrected chi connectivity index (χ4v) is 3.87. The van der Waals surface area contributed by atoms with Gasteiger partial charge in [0.1, 0.15) is 4.90 Å². The van der Waals surface area contributed by atoms with Crippen molar-refractivity contribution in [2.45, 2.75) is 11.3 Å². The maximum Gasteiger partial charge on any atom is 0.242 e. The Morgan fingerprint density at radius 1 is 1.32 bits per heavy atom. The third kappa shape index (κ3) is 6.11. The summed E-state index contributed by atoms with van der Waals surface area (Å²) in [5.41, 5.74) is 0. The van der Waals surface area contributed by atoms with Crippen LogP contribution in [-0.4, -0.2) is 58.0 Å². The molecule has 9 heteroatoms. The minimum Gasteiger partial charge on any atom is -0.355 e. The van der Waals surface area contributed by atoms with Crippen molar-refractivity contribution in [2.75, 3.05) is 33.7 Å². The van der Waals surface area contributed by atoms with Gasteiger partial charge in [0.2, 0.25) is 10.0 Å². The molecule has 2 aromatic heterocycles. The van der Waals surface area contributed by atoms with Crippen molar-refractivity contribution in [3.05, 3.63) is 46.9 Å². The van der Waals surface area contributed by atoms with Gasteiger partial charge in [-0.15, -0.1) is 11.3 Å². The number of pyridine rings is 1. The van der Waals surface area contributed by atoms with Gasteiger partial charge >= 0.3 is 0 Å². The zero-order valence-electron chi connectivity index (χ0n) is 14.3. The molecule has 0 saturated carbocycles. The first-order valence-electron chi connectivity index (χ1n) is 7.87. The zero-order chi connectivity index (χ0) is 18.1. The van der Waals surface area contributed by atoms with Crippen molar-refractivity contribution in [1.82, 2.24) is 19.9 Å². The van der Waals surface area contributed by atoms with Crippen LogP contribution in [0.4, 0.5) is 0 Å². The standard InChI is InChI=1S/C16H23N5O2S2/c1-17-16(21(2)11-7-14-5-4-12-24-14)19-9-10-20-25(22,23)15-6-3-8-18-13-15/h3-6,8,12-13,20H,7,9-11H2,1-2H3,(H,17,19). The Balaban J connectivity index is 1.75. The zero-order valence-corrected chi connectivity index (χ0v) is 16.0. The van der Waals surface area contributed by atoms with Crippen LogP contribution in [0.5, 0.6) is 0 Å². The summed E-state index contributed by atoms with van der Waals surface area (Å²) in [6.45, 7) is 1.53. The first-order chi connectivity index (χ1) is 12.0. The molecule has 0 amide bonds. The van der Waals surface area contributed by atoms with E-state index >= 15 is 0 Å². The molecular formula is C16H23N5O2S2. The fourth-order valence-electron chi connectivity index (χ4n) is 2.17. The summed E-state index contributed by atoms with van der Waals surface area (Å²) >= 11 is 1.74. The molecule has 0 aromatic carbocycles. The quantitative estimate of drug-likeness (QED) is 0.407. The Morgan fingerprint density at radius 3 is 2.80 bits per heavy atom. The molecule has 2 rings (SSSR count). The lowest BCUT2D eigenvalue weighted by Crippen LogP contribution is -2.43. The Morgan fingerprint density at radius 2 is 2.16 bits per heavy atom. The van der Waals surface area contributed by atoms with Crippen LogP contribution in [0.3, 0.4) is 0 Å². The summed E-state index contributed by atoms with van der Waals surface area (Å²) in [6, 6.07) is 7.26. The van der Waals surface area contributed by atoms with Crippen molar-refractivity contribution < 1.29 is 8.42 Å². The second kappa shape index (κ2) is 9.50. The van der Waals surface area contributed by atoms with Crippen LogP contribution in [0, 0.1) is 0 Å². The van der Waals surface area contributed by atoms with Gasteiger partial charge in [0.05, 0.1) is 0 Å². The molecule has 0 bridgehead atoms. The number of nitrogens with one attached hydrogen (secondary N) is 2. The normalized spacial score (nSPS) is 12.2. The summed E-state index contributed by atoms with van der Waals surface area (Å²) < 4.78 is 26.7. The monoisotopic (exact) mass is 381 g/mol. The van der Waals surface area contributed by atoms with E-state index in [0.29, 0.717) is 6.54 Å². The summed E-state index contributed by atoms with van der Waals surface area (Å²) in [5, 5.41) is 5.23. The lowest BCUT2D eigenvalue weighted by molar-refractivity contribution is 0.486. The number of guanidine groups is 1. The Bertz CT molecular complexity index is 761. The van der Waals surface area contributed by atoms with Gasteiger partial charge in [0, 0.05) is 51.0 Å². The van der Waals surface area contributed by atoms with Crippen LogP contribution in [-0.2, 0) is 16.4 Å². The number of aromatic nitrogens is 1. The number of nitrogens with zero attached hydrogens (tertiary/aromatic N) is 3. The minimum absolute atomic E-state index is 0.160. The average molecular weight is 382 g/mol. The van der Waals surface area contributed by atoms with Crippen molar-refractivity contribution in [3.63, 3.8) is 0 Å². The number of rotatable bonds is 8. The first kappa shape index (κ1) is 19.4. The number of thiophene rings is 1. The molecular weight excluding hydrogens is 358 g/mol. The van der Waals surface area contributed by atoms with E-state index in [1.165, 1.54) is 23.3 Å². The third-order valence-corrected chi connectivity index (χ3v) is 5.87. The van der Waals surface area contributed by atoms with Crippen molar-refractivity contribution >= 4 is 27.3 Å². The van der Waals surface area contributed by atoms with E-state index < -0.39 is 10.0 Å². The largest absolute Gasteiger partial charge is 0.355 e. The molecule has 0 fully saturated rings. The summed E-state index contributed by atoms with van der Waals surface area (Å²) in [4.78, 5) is 11.6. The van der Waals surface area contributed by atoms with Gasteiger partial charge in [-0.05, 0) is 30.0 Å². The average Bonchev–Trinajstić information content (AvgIpc) is 3.14. The number of likely N-dealkylation sites (N-methyl/N-ethyl adjacent to an activating group) is 1. The molecule has 2 N–H and O–H groups in total. The van der Waals surface area contributed by atoms with Gasteiger partial charge in [0.15, 0.2) is 5.96 Å². The summed E-state index contributed by atoms with van der Waals surface area (Å²) in [6.07, 6.45) is 3.81. The van der Waals surface area contributed by atoms with Gasteiger partial charge in [-0.2, -0.15) is 0 Å². The molecule has 7 nitrogen and oxygen atoms in total. The van der Waals surface area contributed by atoms with Crippen LogP contribution in [0.2, 0.25) is 0 Å². The van der Waals surface area contributed by atoms with Gasteiger partial charge in [-0.1, -0.05) is 6.07 Å². The minimum atomic E-state index is -3.53. The van der Waals surface area contributed by atoms with Crippen LogP contribution in [0.1, 0.15) is 4.88 Å². The van der Waals surface area contributed by atoms with Crippen molar-refractivity contribution in [1.29, 1.82) is 0 Å². The molecule has 0 spiro atoms. The highest BCUT2D eigenvalue weighted by atomic mass is 32.2. The van der Waals surface area contributed by atoms with Crippen molar-refractivity contribution in [3.8, 4) is 0 Å². The molecule has 0 radical (unpaired) electrons. The van der Waals surface area contributed by atoms with Crippen molar-refractivity contribution in [2.24, 2.45) is 4.99 Å². The first-order valence-corrected chi connectivity index (χ1v) is 10.2. The lowest BCUT2D eigenvalue weighted by atomic mass is 10.3. The molecule has 0 unspecified atom stereocenters. The SMILES string of the molecule is CN=C(NCCNS(=O)(=O)c1cccnc1)N(C)CCc1cccs1. The van der Waals surface area contributed by atoms with Gasteiger partial charge in [-0.25, -0.2) is 13.1 Å². The van der Waals surface area contributed by atoms with E-state index in [0.717, 1.165) is 18.9 Å². The highest BCUT2D eigenvalue weighted by Gasteiger charge is 2.13. The molecule has 0 saturated heterocycles. The van der Waals surface area contributed by atoms with E-state index in [1.54, 1.807) is 24.5 Å². The number of hydrogen-bond acceptors (Lipinski definition) is 5. The number of sulfonamides is 1. The Labute approximate surface area is 152 Å². The third-order valence-electron chi connectivity index (χ3n) is 3.49. The van der Waals surface area contributed by atoms with Gasteiger partial charge in [-0.3, -0.25) is 9.98 Å². The Hall–Kier alpha value is -1.97. The number of aliphatic imine (C=N–C) groups is 1. The second-order valence-electron chi connectivity index (χ2n) is 5.31. The second-order valence-corrected chi connectivity index (χ2v) is 8.11.